The van der Waals surface area contributed by atoms with Crippen LogP contribution in [0.4, 0.5) is 5.69 Å². The number of sulfonamides is 1. The van der Waals surface area contributed by atoms with Crippen LogP contribution in [0.3, 0.4) is 0 Å². The lowest BCUT2D eigenvalue weighted by molar-refractivity contribution is -0.140. The van der Waals surface area contributed by atoms with Gasteiger partial charge in [0, 0.05) is 19.0 Å². The molecule has 0 saturated heterocycles. The second-order valence-electron chi connectivity index (χ2n) is 9.64. The molecule has 0 bridgehead atoms. The lowest BCUT2D eigenvalue weighted by atomic mass is 10.0. The first kappa shape index (κ1) is 33.0. The number of rotatable bonds is 12. The molecule has 7 nitrogen and oxygen atoms in total. The average Bonchev–Trinajstić information content (AvgIpc) is 2.92. The van der Waals surface area contributed by atoms with E-state index in [2.05, 4.69) is 5.32 Å². The number of hydrogen-bond donors (Lipinski definition) is 1. The standard InChI is InChI=1S/C29H31Cl4N3O4S/c1-4-19(2)34-29(38)26(16-20-9-6-5-7-10-20)35(17-21-13-14-22(30)24(32)15-21)27(37)18-36(41(3,39)40)25-12-8-11-23(31)28(25)33/h5-15,19,26H,4,16-18H2,1-3H3,(H,34,38)/t19-,26+/m1/s1. The molecule has 3 rings (SSSR count). The van der Waals surface area contributed by atoms with Crippen molar-refractivity contribution in [2.45, 2.75) is 45.3 Å². The van der Waals surface area contributed by atoms with Crippen LogP contribution in [-0.2, 0) is 32.6 Å². The van der Waals surface area contributed by atoms with Crippen molar-refractivity contribution < 1.29 is 18.0 Å². The number of benzene rings is 3. The number of nitrogens with zero attached hydrogens (tertiary/aromatic N) is 2. The van der Waals surface area contributed by atoms with E-state index in [-0.39, 0.29) is 45.7 Å². The zero-order valence-electron chi connectivity index (χ0n) is 22.8. The summed E-state index contributed by atoms with van der Waals surface area (Å²) < 4.78 is 26.7. The van der Waals surface area contributed by atoms with E-state index in [0.717, 1.165) is 16.1 Å². The predicted molar refractivity (Wildman–Crippen MR) is 167 cm³/mol. The van der Waals surface area contributed by atoms with Crippen molar-refractivity contribution >= 4 is 73.9 Å². The lowest BCUT2D eigenvalue weighted by Crippen LogP contribution is -2.54. The van der Waals surface area contributed by atoms with Crippen molar-refractivity contribution in [3.63, 3.8) is 0 Å². The maximum atomic E-state index is 14.1. The summed E-state index contributed by atoms with van der Waals surface area (Å²) in [6.45, 7) is 3.15. The summed E-state index contributed by atoms with van der Waals surface area (Å²) in [6.07, 6.45) is 1.84. The highest BCUT2D eigenvalue weighted by Gasteiger charge is 2.34. The molecule has 0 aliphatic heterocycles. The molecular formula is C29H31Cl4N3O4S. The first-order valence-electron chi connectivity index (χ1n) is 12.8. The number of carbonyl (C=O) groups is 2. The minimum atomic E-state index is -4.00. The summed E-state index contributed by atoms with van der Waals surface area (Å²) in [5.74, 6) is -0.999. The molecule has 0 unspecified atom stereocenters. The van der Waals surface area contributed by atoms with Gasteiger partial charge in [-0.1, -0.05) is 95.8 Å². The van der Waals surface area contributed by atoms with E-state index < -0.39 is 28.5 Å². The van der Waals surface area contributed by atoms with Crippen LogP contribution in [0.1, 0.15) is 31.4 Å². The molecule has 3 aromatic rings. The topological polar surface area (TPSA) is 86.8 Å². The molecule has 0 aliphatic carbocycles. The van der Waals surface area contributed by atoms with Crippen LogP contribution in [0, 0.1) is 0 Å². The van der Waals surface area contributed by atoms with E-state index >= 15 is 0 Å². The molecule has 0 fully saturated rings. The van der Waals surface area contributed by atoms with Crippen LogP contribution in [0.15, 0.2) is 66.7 Å². The van der Waals surface area contributed by atoms with Gasteiger partial charge >= 0.3 is 0 Å². The Morgan fingerprint density at radius 3 is 2.17 bits per heavy atom. The monoisotopic (exact) mass is 657 g/mol. The van der Waals surface area contributed by atoms with Crippen LogP contribution < -0.4 is 9.62 Å². The molecule has 3 aromatic carbocycles. The van der Waals surface area contributed by atoms with Gasteiger partial charge in [-0.3, -0.25) is 13.9 Å². The van der Waals surface area contributed by atoms with Crippen LogP contribution in [0.25, 0.3) is 0 Å². The van der Waals surface area contributed by atoms with Crippen molar-refractivity contribution in [3.8, 4) is 0 Å². The summed E-state index contributed by atoms with van der Waals surface area (Å²) in [7, 11) is -4.00. The normalized spacial score (nSPS) is 12.9. The Morgan fingerprint density at radius 1 is 0.878 bits per heavy atom. The smallest absolute Gasteiger partial charge is 0.244 e. The molecule has 0 radical (unpaired) electrons. The minimum absolute atomic E-state index is 0.0150. The second kappa shape index (κ2) is 14.6. The fourth-order valence-corrected chi connectivity index (χ4v) is 5.73. The molecule has 41 heavy (non-hydrogen) atoms. The summed E-state index contributed by atoms with van der Waals surface area (Å²) in [6, 6.07) is 17.6. The fourth-order valence-electron chi connectivity index (χ4n) is 4.11. The Bertz CT molecular complexity index is 1490. The number of anilines is 1. The van der Waals surface area contributed by atoms with Crippen molar-refractivity contribution in [3.05, 3.63) is 97.9 Å². The van der Waals surface area contributed by atoms with Gasteiger partial charge in [0.05, 0.1) is 32.0 Å². The molecule has 0 aliphatic rings. The summed E-state index contributed by atoms with van der Waals surface area (Å²) in [5.41, 5.74) is 1.48. The predicted octanol–water partition coefficient (Wildman–Crippen LogP) is 6.62. The molecular weight excluding hydrogens is 628 g/mol. The van der Waals surface area contributed by atoms with Gasteiger partial charge in [0.1, 0.15) is 12.6 Å². The maximum Gasteiger partial charge on any atom is 0.244 e. The third-order valence-electron chi connectivity index (χ3n) is 6.49. The fraction of sp³-hybridized carbons (Fsp3) is 0.310. The number of halogens is 4. The molecule has 0 spiro atoms. The van der Waals surface area contributed by atoms with E-state index in [1.165, 1.54) is 23.1 Å². The SMILES string of the molecule is CC[C@@H](C)NC(=O)[C@H](Cc1ccccc1)N(Cc1ccc(Cl)c(Cl)c1)C(=O)CN(c1cccc(Cl)c1Cl)S(C)(=O)=O. The molecule has 2 amide bonds. The van der Waals surface area contributed by atoms with Crippen molar-refractivity contribution in [1.29, 1.82) is 0 Å². The van der Waals surface area contributed by atoms with Crippen molar-refractivity contribution in [2.24, 2.45) is 0 Å². The van der Waals surface area contributed by atoms with Crippen LogP contribution in [-0.4, -0.2) is 50.0 Å². The first-order chi connectivity index (χ1) is 19.3. The first-order valence-corrected chi connectivity index (χ1v) is 16.2. The quantitative estimate of drug-likeness (QED) is 0.237. The summed E-state index contributed by atoms with van der Waals surface area (Å²) in [4.78, 5) is 29.2. The van der Waals surface area contributed by atoms with Crippen LogP contribution in [0.5, 0.6) is 0 Å². The van der Waals surface area contributed by atoms with E-state index in [0.29, 0.717) is 17.0 Å². The number of nitrogens with one attached hydrogen (secondary N) is 1. The van der Waals surface area contributed by atoms with Gasteiger partial charge in [0.25, 0.3) is 0 Å². The van der Waals surface area contributed by atoms with Crippen LogP contribution >= 0.6 is 46.4 Å². The Kier molecular flexibility index (Phi) is 11.8. The second-order valence-corrected chi connectivity index (χ2v) is 13.1. The summed E-state index contributed by atoms with van der Waals surface area (Å²) in [5, 5.41) is 3.71. The minimum Gasteiger partial charge on any atom is -0.352 e. The van der Waals surface area contributed by atoms with Gasteiger partial charge in [-0.25, -0.2) is 8.42 Å². The zero-order chi connectivity index (χ0) is 30.3. The molecule has 12 heteroatoms. The lowest BCUT2D eigenvalue weighted by Gasteiger charge is -2.34. The average molecular weight is 659 g/mol. The molecule has 220 valence electrons. The van der Waals surface area contributed by atoms with Gasteiger partial charge < -0.3 is 10.2 Å². The number of hydrogen-bond acceptors (Lipinski definition) is 4. The van der Waals surface area contributed by atoms with Gasteiger partial charge in [0.2, 0.25) is 21.8 Å². The Morgan fingerprint density at radius 2 is 1.56 bits per heavy atom. The number of amides is 2. The maximum absolute atomic E-state index is 14.1. The van der Waals surface area contributed by atoms with E-state index in [4.69, 9.17) is 46.4 Å². The van der Waals surface area contributed by atoms with Crippen LogP contribution in [0.2, 0.25) is 20.1 Å². The highest BCUT2D eigenvalue weighted by atomic mass is 35.5. The Hall–Kier alpha value is -2.49. The third kappa shape index (κ3) is 9.00. The van der Waals surface area contributed by atoms with Gasteiger partial charge in [-0.2, -0.15) is 0 Å². The molecule has 0 saturated carbocycles. The van der Waals surface area contributed by atoms with E-state index in [9.17, 15) is 18.0 Å². The third-order valence-corrected chi connectivity index (χ3v) is 9.16. The van der Waals surface area contributed by atoms with E-state index in [1.807, 2.05) is 44.2 Å². The van der Waals surface area contributed by atoms with Gasteiger partial charge in [-0.15, -0.1) is 0 Å². The highest BCUT2D eigenvalue weighted by Crippen LogP contribution is 2.34. The van der Waals surface area contributed by atoms with Gasteiger partial charge in [-0.05, 0) is 48.7 Å². The molecule has 0 aromatic heterocycles. The summed E-state index contributed by atoms with van der Waals surface area (Å²) >= 11 is 24.9. The largest absolute Gasteiger partial charge is 0.352 e. The Labute approximate surface area is 261 Å². The molecule has 1 N–H and O–H groups in total. The highest BCUT2D eigenvalue weighted by molar-refractivity contribution is 7.92. The van der Waals surface area contributed by atoms with E-state index in [1.54, 1.807) is 18.2 Å². The Balaban J connectivity index is 2.11. The zero-order valence-corrected chi connectivity index (χ0v) is 26.6. The van der Waals surface area contributed by atoms with Crippen molar-refractivity contribution in [2.75, 3.05) is 17.1 Å². The van der Waals surface area contributed by atoms with Gasteiger partial charge in [0.15, 0.2) is 0 Å². The molecule has 0 heterocycles. The van der Waals surface area contributed by atoms with Crippen molar-refractivity contribution in [1.82, 2.24) is 10.2 Å². The molecule has 2 atom stereocenters. The number of carbonyl (C=O) groups excluding carboxylic acids is 2.